The summed E-state index contributed by atoms with van der Waals surface area (Å²) in [6.07, 6.45) is 10.1. The topological polar surface area (TPSA) is 83.7 Å². The number of fused-ring (bicyclic) bond motifs is 7. The summed E-state index contributed by atoms with van der Waals surface area (Å²) >= 11 is 1.75. The van der Waals surface area contributed by atoms with Crippen molar-refractivity contribution in [1.82, 2.24) is 10.2 Å². The molecule has 4 fully saturated rings. The van der Waals surface area contributed by atoms with Crippen LogP contribution in [0.2, 0.25) is 0 Å². The van der Waals surface area contributed by atoms with Crippen LogP contribution >= 0.6 is 11.3 Å². The number of carbonyl (C=O) groups is 2. The molecule has 9 atom stereocenters. The number of carbonyl (C=O) groups excluding carboxylic acids is 2. The molecule has 6 rings (SSSR count). The van der Waals surface area contributed by atoms with Crippen molar-refractivity contribution in [1.29, 1.82) is 5.26 Å². The van der Waals surface area contributed by atoms with Crippen molar-refractivity contribution in [2.45, 2.75) is 98.3 Å². The molecule has 0 aromatic carbocycles. The molecule has 0 radical (unpaired) electrons. The number of nitrogens with zero attached hydrogens (tertiary/aromatic N) is 3. The van der Waals surface area contributed by atoms with Crippen LogP contribution in [0.1, 0.15) is 96.0 Å². The molecule has 0 aliphatic heterocycles. The molecular weight excluding hydrogens is 478 g/mol. The molecule has 0 amide bonds. The van der Waals surface area contributed by atoms with E-state index in [2.05, 4.69) is 38.9 Å². The average molecular weight is 520 g/mol. The molecule has 0 N–H and O–H groups in total. The number of rotatable bonds is 1. The fraction of sp³-hybridized carbons (Fsp3) is 0.774. The van der Waals surface area contributed by atoms with Gasteiger partial charge in [0.2, 0.25) is 0 Å². The van der Waals surface area contributed by atoms with Crippen LogP contribution in [0.15, 0.2) is 11.6 Å². The van der Waals surface area contributed by atoms with Gasteiger partial charge in [-0.2, -0.15) is 5.26 Å². The third kappa shape index (κ3) is 3.38. The molecule has 5 aliphatic carbocycles. The monoisotopic (exact) mass is 519 g/mol. The number of aromatic nitrogens is 2. The summed E-state index contributed by atoms with van der Waals surface area (Å²) in [6, 6.07) is 2.20. The average Bonchev–Trinajstić information content (AvgIpc) is 3.29. The Bertz CT molecular complexity index is 1240. The molecule has 6 heteroatoms. The first kappa shape index (κ1) is 25.4. The predicted molar refractivity (Wildman–Crippen MR) is 144 cm³/mol. The smallest absolute Gasteiger partial charge is 0.176 e. The van der Waals surface area contributed by atoms with Crippen molar-refractivity contribution in [2.75, 3.05) is 0 Å². The molecule has 9 unspecified atom stereocenters. The minimum Gasteiger partial charge on any atom is -0.299 e. The standard InChI is InChI=1S/C31H41N3O2S/c1-17-20-7-9-29(5)21-8-10-31(27-34-33-18(2)37-27)12-11-28(3,4)15-22(31)25(21)23(35)13-24(29)30(20,6)14-19(16-32)26(17)36/h14,17,20-22,24-25H,7-13,15H2,1-6H3. The van der Waals surface area contributed by atoms with E-state index < -0.39 is 0 Å². The number of allylic oxidation sites excluding steroid dienone is 2. The number of aryl methyl sites for hydroxylation is 1. The van der Waals surface area contributed by atoms with Gasteiger partial charge in [-0.25, -0.2) is 0 Å². The number of ketones is 2. The largest absolute Gasteiger partial charge is 0.299 e. The number of hydrogen-bond acceptors (Lipinski definition) is 6. The maximum Gasteiger partial charge on any atom is 0.176 e. The Morgan fingerprint density at radius 2 is 1.73 bits per heavy atom. The van der Waals surface area contributed by atoms with E-state index in [1.807, 2.05) is 19.9 Å². The molecule has 1 aromatic rings. The van der Waals surface area contributed by atoms with E-state index in [0.717, 1.165) is 43.5 Å². The summed E-state index contributed by atoms with van der Waals surface area (Å²) in [6.45, 7) is 13.5. The van der Waals surface area contributed by atoms with Crippen molar-refractivity contribution in [3.05, 3.63) is 21.7 Å². The lowest BCUT2D eigenvalue weighted by Crippen LogP contribution is -2.64. The Morgan fingerprint density at radius 1 is 1.00 bits per heavy atom. The van der Waals surface area contributed by atoms with E-state index in [0.29, 0.717) is 29.6 Å². The quantitative estimate of drug-likeness (QED) is 0.416. The third-order valence-electron chi connectivity index (χ3n) is 12.3. The van der Waals surface area contributed by atoms with Crippen molar-refractivity contribution >= 4 is 22.9 Å². The molecule has 0 bridgehead atoms. The highest BCUT2D eigenvalue weighted by Crippen LogP contribution is 2.71. The van der Waals surface area contributed by atoms with Crippen LogP contribution in [-0.4, -0.2) is 21.8 Å². The molecule has 0 spiro atoms. The summed E-state index contributed by atoms with van der Waals surface area (Å²) in [5.74, 6) is 1.40. The summed E-state index contributed by atoms with van der Waals surface area (Å²) in [7, 11) is 0. The number of hydrogen-bond donors (Lipinski definition) is 0. The first-order valence-electron chi connectivity index (χ1n) is 14.4. The van der Waals surface area contributed by atoms with Gasteiger partial charge in [-0.15, -0.1) is 21.5 Å². The van der Waals surface area contributed by atoms with Crippen molar-refractivity contribution in [3.63, 3.8) is 0 Å². The van der Waals surface area contributed by atoms with E-state index >= 15 is 0 Å². The lowest BCUT2D eigenvalue weighted by molar-refractivity contribution is -0.178. The Hall–Kier alpha value is -1.87. The predicted octanol–water partition coefficient (Wildman–Crippen LogP) is 6.62. The Kier molecular flexibility index (Phi) is 5.54. The van der Waals surface area contributed by atoms with E-state index in [4.69, 9.17) is 5.10 Å². The van der Waals surface area contributed by atoms with Crippen LogP contribution < -0.4 is 0 Å². The van der Waals surface area contributed by atoms with Gasteiger partial charge in [0.15, 0.2) is 5.78 Å². The summed E-state index contributed by atoms with van der Waals surface area (Å²) in [5, 5.41) is 21.1. The fourth-order valence-corrected chi connectivity index (χ4v) is 11.4. The van der Waals surface area contributed by atoms with E-state index in [-0.39, 0.29) is 51.1 Å². The molecule has 1 aromatic heterocycles. The molecule has 5 nitrogen and oxygen atoms in total. The van der Waals surface area contributed by atoms with Crippen LogP contribution in [0.3, 0.4) is 0 Å². The van der Waals surface area contributed by atoms with E-state index in [9.17, 15) is 14.9 Å². The zero-order chi connectivity index (χ0) is 26.5. The maximum atomic E-state index is 14.4. The SMILES string of the molecule is Cc1nnc(C23CCC4C(C(=O)CC5C6(C)C=C(C#N)C(=O)C(C)C6CCC45C)C2CC(C)(C)CC3)s1. The second kappa shape index (κ2) is 8.07. The molecule has 5 aliphatic rings. The highest BCUT2D eigenvalue weighted by molar-refractivity contribution is 7.11. The van der Waals surface area contributed by atoms with Gasteiger partial charge in [-0.05, 0) is 91.8 Å². The molecule has 37 heavy (non-hydrogen) atoms. The summed E-state index contributed by atoms with van der Waals surface area (Å²) in [5.41, 5.74) is 0.256. The minimum atomic E-state index is -0.289. The molecule has 1 heterocycles. The molecule has 4 saturated carbocycles. The van der Waals surface area contributed by atoms with Gasteiger partial charge >= 0.3 is 0 Å². The lowest BCUT2D eigenvalue weighted by Gasteiger charge is -2.67. The first-order valence-corrected chi connectivity index (χ1v) is 15.2. The highest BCUT2D eigenvalue weighted by Gasteiger charge is 2.67. The van der Waals surface area contributed by atoms with Crippen molar-refractivity contribution in [3.8, 4) is 6.07 Å². The zero-order valence-electron chi connectivity index (χ0n) is 23.3. The van der Waals surface area contributed by atoms with Crippen LogP contribution in [0.4, 0.5) is 0 Å². The van der Waals surface area contributed by atoms with Crippen LogP contribution in [0, 0.1) is 70.0 Å². The van der Waals surface area contributed by atoms with Gasteiger partial charge in [-0.3, -0.25) is 9.59 Å². The van der Waals surface area contributed by atoms with Crippen LogP contribution in [-0.2, 0) is 15.0 Å². The summed E-state index contributed by atoms with van der Waals surface area (Å²) < 4.78 is 0. The Morgan fingerprint density at radius 3 is 2.41 bits per heavy atom. The van der Waals surface area contributed by atoms with Gasteiger partial charge in [-0.1, -0.05) is 40.7 Å². The highest BCUT2D eigenvalue weighted by atomic mass is 32.1. The Labute approximate surface area is 225 Å². The van der Waals surface area contributed by atoms with Gasteiger partial charge in [0, 0.05) is 23.7 Å². The van der Waals surface area contributed by atoms with E-state index in [1.54, 1.807) is 11.3 Å². The second-order valence-corrected chi connectivity index (χ2v) is 15.7. The number of Topliss-reactive ketones (excluding diaryl/α,β-unsaturated/α-hetero) is 2. The first-order chi connectivity index (χ1) is 17.4. The van der Waals surface area contributed by atoms with E-state index in [1.165, 1.54) is 11.4 Å². The molecule has 198 valence electrons. The third-order valence-corrected chi connectivity index (χ3v) is 13.3. The van der Waals surface area contributed by atoms with Crippen molar-refractivity contribution < 1.29 is 9.59 Å². The maximum absolute atomic E-state index is 14.4. The van der Waals surface area contributed by atoms with Gasteiger partial charge in [0.1, 0.15) is 21.9 Å². The number of nitriles is 1. The fourth-order valence-electron chi connectivity index (χ4n) is 10.4. The summed E-state index contributed by atoms with van der Waals surface area (Å²) in [4.78, 5) is 27.3. The minimum absolute atomic E-state index is 0.00664. The second-order valence-electron chi connectivity index (χ2n) is 14.5. The van der Waals surface area contributed by atoms with Gasteiger partial charge < -0.3 is 0 Å². The zero-order valence-corrected chi connectivity index (χ0v) is 24.1. The molecule has 0 saturated heterocycles. The van der Waals surface area contributed by atoms with Gasteiger partial charge in [0.05, 0.1) is 5.57 Å². The van der Waals surface area contributed by atoms with Gasteiger partial charge in [0.25, 0.3) is 0 Å². The van der Waals surface area contributed by atoms with Crippen molar-refractivity contribution in [2.24, 2.45) is 51.8 Å². The lowest BCUT2D eigenvalue weighted by atomic mass is 9.36. The van der Waals surface area contributed by atoms with Crippen LogP contribution in [0.5, 0.6) is 0 Å². The van der Waals surface area contributed by atoms with Crippen LogP contribution in [0.25, 0.3) is 0 Å². The Balaban J connectivity index is 1.44. The molecular formula is C31H41N3O2S. The normalized spacial score (nSPS) is 46.6.